The Morgan fingerprint density at radius 1 is 1.24 bits per heavy atom. The smallest absolute Gasteiger partial charge is 0.319 e. The average Bonchev–Trinajstić information content (AvgIpc) is 3.27. The molecular weight excluding hydrogens is 442 g/mol. The van der Waals surface area contributed by atoms with Gasteiger partial charge in [-0.25, -0.2) is 4.79 Å². The predicted octanol–water partition coefficient (Wildman–Crippen LogP) is 2.20. The third-order valence-corrected chi connectivity index (χ3v) is 6.83. The van der Waals surface area contributed by atoms with Crippen LogP contribution in [0.5, 0.6) is 0 Å². The summed E-state index contributed by atoms with van der Waals surface area (Å²) >= 11 is 1.32. The van der Waals surface area contributed by atoms with Gasteiger partial charge in [0.05, 0.1) is 11.4 Å². The SMILES string of the molecule is Cc1ccc(NC(=O)NCc2cc3c(s2)C(=O)N(C2CCC(=O)NC2=O)C3)c(CN(C)C)c1. The molecule has 0 radical (unpaired) electrons. The monoisotopic (exact) mass is 469 g/mol. The lowest BCUT2D eigenvalue weighted by Gasteiger charge is -2.29. The van der Waals surface area contributed by atoms with E-state index in [-0.39, 0.29) is 24.3 Å². The lowest BCUT2D eigenvalue weighted by Crippen LogP contribution is -2.52. The van der Waals surface area contributed by atoms with E-state index < -0.39 is 11.9 Å². The summed E-state index contributed by atoms with van der Waals surface area (Å²) in [6.45, 7) is 3.35. The van der Waals surface area contributed by atoms with Crippen LogP contribution in [0.25, 0.3) is 0 Å². The summed E-state index contributed by atoms with van der Waals surface area (Å²) in [6.07, 6.45) is 0.574. The number of fused-ring (bicyclic) bond motifs is 1. The van der Waals surface area contributed by atoms with Crippen LogP contribution in [-0.4, -0.2) is 53.7 Å². The zero-order chi connectivity index (χ0) is 23.7. The van der Waals surface area contributed by atoms with E-state index in [2.05, 4.69) is 22.0 Å². The number of urea groups is 1. The molecule has 2 aliphatic rings. The fourth-order valence-electron chi connectivity index (χ4n) is 4.14. The number of rotatable bonds is 6. The van der Waals surface area contributed by atoms with Gasteiger partial charge in [-0.15, -0.1) is 11.3 Å². The number of hydrogen-bond acceptors (Lipinski definition) is 6. The van der Waals surface area contributed by atoms with Gasteiger partial charge in [0.15, 0.2) is 0 Å². The molecule has 9 nitrogen and oxygen atoms in total. The molecule has 1 aromatic heterocycles. The summed E-state index contributed by atoms with van der Waals surface area (Å²) < 4.78 is 0. The molecule has 1 aromatic carbocycles. The summed E-state index contributed by atoms with van der Waals surface area (Å²) in [6, 6.07) is 6.87. The summed E-state index contributed by atoms with van der Waals surface area (Å²) in [5, 5.41) is 8.07. The van der Waals surface area contributed by atoms with Crippen LogP contribution in [0.3, 0.4) is 0 Å². The Labute approximate surface area is 196 Å². The Kier molecular flexibility index (Phi) is 6.48. The molecule has 3 heterocycles. The van der Waals surface area contributed by atoms with Gasteiger partial charge in [-0.2, -0.15) is 0 Å². The van der Waals surface area contributed by atoms with E-state index in [1.807, 2.05) is 44.1 Å². The van der Waals surface area contributed by atoms with Crippen molar-refractivity contribution in [2.75, 3.05) is 19.4 Å². The number of carbonyl (C=O) groups excluding carboxylic acids is 4. The molecule has 0 aliphatic carbocycles. The molecule has 2 aliphatic heterocycles. The number of nitrogens with zero attached hydrogens (tertiary/aromatic N) is 2. The van der Waals surface area contributed by atoms with Crippen molar-refractivity contribution in [2.45, 2.75) is 45.4 Å². The Balaban J connectivity index is 1.35. The number of anilines is 1. The molecule has 1 atom stereocenters. The Morgan fingerprint density at radius 3 is 2.73 bits per heavy atom. The Bertz CT molecular complexity index is 1130. The quantitative estimate of drug-likeness (QED) is 0.562. The predicted molar refractivity (Wildman–Crippen MR) is 125 cm³/mol. The average molecular weight is 470 g/mol. The number of amides is 5. The van der Waals surface area contributed by atoms with E-state index >= 15 is 0 Å². The lowest BCUT2D eigenvalue weighted by atomic mass is 10.0. The van der Waals surface area contributed by atoms with Crippen LogP contribution in [-0.2, 0) is 29.2 Å². The maximum atomic E-state index is 12.8. The van der Waals surface area contributed by atoms with Gasteiger partial charge in [-0.1, -0.05) is 17.7 Å². The van der Waals surface area contributed by atoms with E-state index in [1.54, 1.807) is 0 Å². The number of nitrogens with one attached hydrogen (secondary N) is 3. The van der Waals surface area contributed by atoms with Gasteiger partial charge in [-0.3, -0.25) is 19.7 Å². The Morgan fingerprint density at radius 2 is 2.03 bits per heavy atom. The highest BCUT2D eigenvalue weighted by molar-refractivity contribution is 7.14. The van der Waals surface area contributed by atoms with Crippen LogP contribution in [0.4, 0.5) is 10.5 Å². The van der Waals surface area contributed by atoms with Crippen LogP contribution < -0.4 is 16.0 Å². The van der Waals surface area contributed by atoms with E-state index in [0.717, 1.165) is 27.3 Å². The highest BCUT2D eigenvalue weighted by Crippen LogP contribution is 2.33. The van der Waals surface area contributed by atoms with Crippen molar-refractivity contribution in [3.05, 3.63) is 50.7 Å². The number of aryl methyl sites for hydroxylation is 1. The van der Waals surface area contributed by atoms with Crippen LogP contribution >= 0.6 is 11.3 Å². The molecule has 0 spiro atoms. The highest BCUT2D eigenvalue weighted by Gasteiger charge is 2.40. The number of hydrogen-bond donors (Lipinski definition) is 3. The summed E-state index contributed by atoms with van der Waals surface area (Å²) in [5.74, 6) is -0.921. The second kappa shape index (κ2) is 9.32. The molecular formula is C23H27N5O4S. The van der Waals surface area contributed by atoms with E-state index in [4.69, 9.17) is 0 Å². The summed E-state index contributed by atoms with van der Waals surface area (Å²) in [4.78, 5) is 53.8. The molecule has 0 saturated carbocycles. The largest absolute Gasteiger partial charge is 0.333 e. The molecule has 1 saturated heterocycles. The second-order valence-corrected chi connectivity index (χ2v) is 9.81. The first-order chi connectivity index (χ1) is 15.7. The van der Waals surface area contributed by atoms with E-state index in [9.17, 15) is 19.2 Å². The van der Waals surface area contributed by atoms with Gasteiger partial charge in [0.25, 0.3) is 5.91 Å². The van der Waals surface area contributed by atoms with Crippen molar-refractivity contribution in [1.82, 2.24) is 20.4 Å². The van der Waals surface area contributed by atoms with Gasteiger partial charge >= 0.3 is 6.03 Å². The molecule has 1 fully saturated rings. The normalized spacial score (nSPS) is 17.9. The van der Waals surface area contributed by atoms with Gasteiger partial charge in [0, 0.05) is 30.1 Å². The van der Waals surface area contributed by atoms with Crippen LogP contribution in [0.2, 0.25) is 0 Å². The van der Waals surface area contributed by atoms with Crippen LogP contribution in [0, 0.1) is 6.92 Å². The molecule has 174 valence electrons. The lowest BCUT2D eigenvalue weighted by molar-refractivity contribution is -0.136. The van der Waals surface area contributed by atoms with E-state index in [0.29, 0.717) is 30.9 Å². The Hall–Kier alpha value is -3.24. The van der Waals surface area contributed by atoms with Gasteiger partial charge < -0.3 is 20.4 Å². The number of carbonyl (C=O) groups is 4. The fourth-order valence-corrected chi connectivity index (χ4v) is 5.21. The van der Waals surface area contributed by atoms with Gasteiger partial charge in [-0.05, 0) is 50.7 Å². The third-order valence-electron chi connectivity index (χ3n) is 5.66. The van der Waals surface area contributed by atoms with Crippen LogP contribution in [0.15, 0.2) is 24.3 Å². The molecule has 2 aromatic rings. The van der Waals surface area contributed by atoms with E-state index in [1.165, 1.54) is 16.2 Å². The number of piperidine rings is 1. The van der Waals surface area contributed by atoms with Crippen molar-refractivity contribution in [3.8, 4) is 0 Å². The summed E-state index contributed by atoms with van der Waals surface area (Å²) in [7, 11) is 3.95. The minimum atomic E-state index is -0.618. The molecule has 3 N–H and O–H groups in total. The zero-order valence-electron chi connectivity index (χ0n) is 18.9. The van der Waals surface area contributed by atoms with Crippen molar-refractivity contribution in [1.29, 1.82) is 0 Å². The molecule has 4 rings (SSSR count). The second-order valence-electron chi connectivity index (χ2n) is 8.67. The number of imide groups is 1. The molecule has 0 bridgehead atoms. The number of benzene rings is 1. The van der Waals surface area contributed by atoms with Crippen LogP contribution in [0.1, 0.15) is 44.1 Å². The van der Waals surface area contributed by atoms with Crippen molar-refractivity contribution in [3.63, 3.8) is 0 Å². The minimum absolute atomic E-state index is 0.201. The maximum absolute atomic E-state index is 12.8. The zero-order valence-corrected chi connectivity index (χ0v) is 19.7. The minimum Gasteiger partial charge on any atom is -0.333 e. The summed E-state index contributed by atoms with van der Waals surface area (Å²) in [5.41, 5.74) is 3.76. The van der Waals surface area contributed by atoms with Crippen molar-refractivity contribution in [2.24, 2.45) is 0 Å². The molecule has 1 unspecified atom stereocenters. The molecule has 5 amide bonds. The maximum Gasteiger partial charge on any atom is 0.319 e. The highest BCUT2D eigenvalue weighted by atomic mass is 32.1. The van der Waals surface area contributed by atoms with Crippen molar-refractivity contribution >= 4 is 40.8 Å². The number of thiophene rings is 1. The first kappa shape index (κ1) is 22.9. The first-order valence-electron chi connectivity index (χ1n) is 10.8. The van der Waals surface area contributed by atoms with Gasteiger partial charge in [0.2, 0.25) is 11.8 Å². The molecule has 33 heavy (non-hydrogen) atoms. The topological polar surface area (TPSA) is 111 Å². The third kappa shape index (κ3) is 5.07. The molecule has 10 heteroatoms. The first-order valence-corrected chi connectivity index (χ1v) is 11.6. The fraction of sp³-hybridized carbons (Fsp3) is 0.391. The van der Waals surface area contributed by atoms with Gasteiger partial charge in [0.1, 0.15) is 6.04 Å². The van der Waals surface area contributed by atoms with Crippen molar-refractivity contribution < 1.29 is 19.2 Å². The standard InChI is InChI=1S/C23H27N5O4S/c1-13-4-5-17(14(8-13)11-27(2)3)25-23(32)24-10-16-9-15-12-28(22(31)20(15)33-16)18-6-7-19(29)26-21(18)30/h4-5,8-9,18H,6-7,10-12H2,1-3H3,(H2,24,25,32)(H,26,29,30).